The summed E-state index contributed by atoms with van der Waals surface area (Å²) in [6.45, 7) is 0. The third kappa shape index (κ3) is 3.78. The van der Waals surface area contributed by atoms with Crippen LogP contribution in [-0.2, 0) is 13.2 Å². The zero-order chi connectivity index (χ0) is 17.2. The predicted molar refractivity (Wildman–Crippen MR) is 75.8 cm³/mol. The second-order valence-electron chi connectivity index (χ2n) is 4.55. The van der Waals surface area contributed by atoms with Crippen molar-refractivity contribution in [2.24, 2.45) is 12.8 Å². The van der Waals surface area contributed by atoms with Crippen molar-refractivity contribution in [1.29, 1.82) is 0 Å². The first kappa shape index (κ1) is 16.3. The maximum Gasteiger partial charge on any atom is 0.418 e. The van der Waals surface area contributed by atoms with Crippen molar-refractivity contribution in [3.63, 3.8) is 0 Å². The lowest BCUT2D eigenvalue weighted by atomic mass is 10.1. The number of para-hydroxylation sites is 1. The summed E-state index contributed by atoms with van der Waals surface area (Å²) >= 11 is 0. The third-order valence-electron chi connectivity index (χ3n) is 2.79. The Bertz CT molecular complexity index is 754. The highest BCUT2D eigenvalue weighted by atomic mass is 19.4. The Balaban J connectivity index is 2.20. The van der Waals surface area contributed by atoms with Crippen LogP contribution >= 0.6 is 0 Å². The number of carbonyl (C=O) groups excluding carboxylic acids is 2. The topological polar surface area (TPSA) is 102 Å². The van der Waals surface area contributed by atoms with E-state index in [1.807, 2.05) is 0 Å². The molecule has 122 valence electrons. The molecule has 0 fully saturated rings. The molecular weight excluding hydrogens is 315 g/mol. The van der Waals surface area contributed by atoms with Gasteiger partial charge in [-0.1, -0.05) is 12.1 Å². The first-order valence-electron chi connectivity index (χ1n) is 6.26. The molecule has 3 amide bonds. The van der Waals surface area contributed by atoms with Crippen molar-refractivity contribution >= 4 is 23.3 Å². The van der Waals surface area contributed by atoms with E-state index in [1.54, 1.807) is 0 Å². The monoisotopic (exact) mass is 327 g/mol. The van der Waals surface area contributed by atoms with Crippen LogP contribution in [0.3, 0.4) is 0 Å². The van der Waals surface area contributed by atoms with Crippen molar-refractivity contribution in [2.75, 3.05) is 10.6 Å². The largest absolute Gasteiger partial charge is 0.418 e. The number of amides is 3. The standard InChI is InChI=1S/C13H12F3N5O2/c1-21-6-9(10(20-21)11(17)22)19-12(23)18-8-5-3-2-4-7(8)13(14,15)16/h2-6H,1H3,(H2,17,22)(H2,18,19,23). The molecule has 0 spiro atoms. The number of nitrogens with zero attached hydrogens (tertiary/aromatic N) is 2. The number of aromatic nitrogens is 2. The summed E-state index contributed by atoms with van der Waals surface area (Å²) in [4.78, 5) is 23.1. The number of rotatable bonds is 3. The Morgan fingerprint density at radius 2 is 1.78 bits per heavy atom. The average molecular weight is 327 g/mol. The molecule has 0 saturated carbocycles. The first-order chi connectivity index (χ1) is 10.7. The molecule has 0 unspecified atom stereocenters. The zero-order valence-electron chi connectivity index (χ0n) is 11.8. The van der Waals surface area contributed by atoms with E-state index in [0.29, 0.717) is 0 Å². The normalized spacial score (nSPS) is 11.1. The van der Waals surface area contributed by atoms with Gasteiger partial charge in [-0.15, -0.1) is 0 Å². The van der Waals surface area contributed by atoms with E-state index in [2.05, 4.69) is 15.7 Å². The predicted octanol–water partition coefficient (Wildman–Crippen LogP) is 2.18. The van der Waals surface area contributed by atoms with Gasteiger partial charge in [0.15, 0.2) is 5.69 Å². The molecular formula is C13H12F3N5O2. The second-order valence-corrected chi connectivity index (χ2v) is 4.55. The van der Waals surface area contributed by atoms with Gasteiger partial charge in [-0.25, -0.2) is 4.79 Å². The van der Waals surface area contributed by atoms with E-state index >= 15 is 0 Å². The van der Waals surface area contributed by atoms with Crippen LogP contribution in [-0.4, -0.2) is 21.7 Å². The van der Waals surface area contributed by atoms with Crippen LogP contribution in [0.25, 0.3) is 0 Å². The summed E-state index contributed by atoms with van der Waals surface area (Å²) in [5.41, 5.74) is 3.48. The lowest BCUT2D eigenvalue weighted by Gasteiger charge is -2.13. The second kappa shape index (κ2) is 5.99. The van der Waals surface area contributed by atoms with Crippen LogP contribution in [0.2, 0.25) is 0 Å². The van der Waals surface area contributed by atoms with Crippen LogP contribution in [0.15, 0.2) is 30.5 Å². The maximum atomic E-state index is 12.9. The third-order valence-corrected chi connectivity index (χ3v) is 2.79. The minimum Gasteiger partial charge on any atom is -0.364 e. The summed E-state index contributed by atoms with van der Waals surface area (Å²) < 4.78 is 39.8. The number of hydrogen-bond donors (Lipinski definition) is 3. The maximum absolute atomic E-state index is 12.9. The number of urea groups is 1. The Morgan fingerprint density at radius 1 is 1.17 bits per heavy atom. The SMILES string of the molecule is Cn1cc(NC(=O)Nc2ccccc2C(F)(F)F)c(C(N)=O)n1. The zero-order valence-corrected chi connectivity index (χ0v) is 11.8. The molecule has 0 saturated heterocycles. The number of primary amides is 1. The van der Waals surface area contributed by atoms with Crippen molar-refractivity contribution in [2.45, 2.75) is 6.18 Å². The lowest BCUT2D eigenvalue weighted by Crippen LogP contribution is -2.23. The molecule has 4 N–H and O–H groups in total. The number of nitrogens with one attached hydrogen (secondary N) is 2. The molecule has 23 heavy (non-hydrogen) atoms. The summed E-state index contributed by atoms with van der Waals surface area (Å²) in [6.07, 6.45) is -3.31. The fourth-order valence-electron chi connectivity index (χ4n) is 1.88. The van der Waals surface area contributed by atoms with Gasteiger partial charge in [0.25, 0.3) is 5.91 Å². The summed E-state index contributed by atoms with van der Waals surface area (Å²) in [7, 11) is 1.49. The van der Waals surface area contributed by atoms with E-state index < -0.39 is 29.4 Å². The Labute approximate surface area is 128 Å². The van der Waals surface area contributed by atoms with Gasteiger partial charge in [-0.05, 0) is 12.1 Å². The highest BCUT2D eigenvalue weighted by molar-refractivity contribution is 6.05. The number of nitrogens with two attached hydrogens (primary N) is 1. The molecule has 0 aliphatic carbocycles. The molecule has 0 atom stereocenters. The van der Waals surface area contributed by atoms with Crippen LogP contribution in [0.1, 0.15) is 16.1 Å². The van der Waals surface area contributed by atoms with E-state index in [4.69, 9.17) is 5.73 Å². The first-order valence-corrected chi connectivity index (χ1v) is 6.26. The van der Waals surface area contributed by atoms with Gasteiger partial charge in [0.1, 0.15) is 0 Å². The summed E-state index contributed by atoms with van der Waals surface area (Å²) in [6, 6.07) is 3.55. The fraction of sp³-hybridized carbons (Fsp3) is 0.154. The molecule has 0 aliphatic rings. The lowest BCUT2D eigenvalue weighted by molar-refractivity contribution is -0.136. The van der Waals surface area contributed by atoms with Crippen molar-refractivity contribution < 1.29 is 22.8 Å². The van der Waals surface area contributed by atoms with Crippen molar-refractivity contribution in [3.05, 3.63) is 41.7 Å². The highest BCUT2D eigenvalue weighted by Crippen LogP contribution is 2.34. The van der Waals surface area contributed by atoms with Crippen LogP contribution in [0, 0.1) is 0 Å². The molecule has 0 aliphatic heterocycles. The number of hydrogen-bond acceptors (Lipinski definition) is 3. The number of anilines is 2. The van der Waals surface area contributed by atoms with Gasteiger partial charge in [-0.3, -0.25) is 9.48 Å². The van der Waals surface area contributed by atoms with E-state index in [-0.39, 0.29) is 11.4 Å². The molecule has 1 aromatic carbocycles. The fourth-order valence-corrected chi connectivity index (χ4v) is 1.88. The molecule has 1 aromatic heterocycles. The molecule has 0 radical (unpaired) electrons. The summed E-state index contributed by atoms with van der Waals surface area (Å²) in [5, 5.41) is 8.07. The molecule has 1 heterocycles. The van der Waals surface area contributed by atoms with Crippen LogP contribution in [0.5, 0.6) is 0 Å². The van der Waals surface area contributed by atoms with Crippen molar-refractivity contribution in [3.8, 4) is 0 Å². The average Bonchev–Trinajstić information content (AvgIpc) is 2.79. The summed E-state index contributed by atoms with van der Waals surface area (Å²) in [5.74, 6) is -0.878. The van der Waals surface area contributed by atoms with E-state index in [0.717, 1.165) is 12.1 Å². The molecule has 2 rings (SSSR count). The molecule has 0 bridgehead atoms. The highest BCUT2D eigenvalue weighted by Gasteiger charge is 2.33. The van der Waals surface area contributed by atoms with Gasteiger partial charge in [0.05, 0.1) is 16.9 Å². The Morgan fingerprint density at radius 3 is 2.39 bits per heavy atom. The van der Waals surface area contributed by atoms with E-state index in [1.165, 1.54) is 30.1 Å². The van der Waals surface area contributed by atoms with Gasteiger partial charge in [0.2, 0.25) is 0 Å². The number of benzene rings is 1. The van der Waals surface area contributed by atoms with Crippen LogP contribution < -0.4 is 16.4 Å². The van der Waals surface area contributed by atoms with Gasteiger partial charge in [-0.2, -0.15) is 18.3 Å². The van der Waals surface area contributed by atoms with Gasteiger partial charge in [0, 0.05) is 13.2 Å². The number of carbonyl (C=O) groups is 2. The molecule has 7 nitrogen and oxygen atoms in total. The van der Waals surface area contributed by atoms with Crippen molar-refractivity contribution in [1.82, 2.24) is 9.78 Å². The number of alkyl halides is 3. The molecule has 10 heteroatoms. The Hall–Kier alpha value is -3.04. The van der Waals surface area contributed by atoms with Crippen LogP contribution in [0.4, 0.5) is 29.3 Å². The van der Waals surface area contributed by atoms with Gasteiger partial charge < -0.3 is 16.4 Å². The molecule has 2 aromatic rings. The Kier molecular flexibility index (Phi) is 4.25. The quantitative estimate of drug-likeness (QED) is 0.805. The minimum atomic E-state index is -4.61. The smallest absolute Gasteiger partial charge is 0.364 e. The number of halogens is 3. The van der Waals surface area contributed by atoms with Gasteiger partial charge >= 0.3 is 12.2 Å². The minimum absolute atomic E-state index is 0.0120. The van der Waals surface area contributed by atoms with E-state index in [9.17, 15) is 22.8 Å². The number of aryl methyl sites for hydroxylation is 1.